The van der Waals surface area contributed by atoms with Crippen LogP contribution in [0.1, 0.15) is 36.9 Å². The maximum Gasteiger partial charge on any atom is 0.228 e. The van der Waals surface area contributed by atoms with E-state index in [0.29, 0.717) is 23.5 Å². The second kappa shape index (κ2) is 7.53. The number of nitrogens with zero attached hydrogens (tertiary/aromatic N) is 3. The SMILES string of the molecule is Cc1c(NC(=O)CC2CCCCO2)nnn1Cc1ccccc1F. The molecule has 1 aromatic heterocycles. The van der Waals surface area contributed by atoms with Crippen LogP contribution in [0.2, 0.25) is 0 Å². The quantitative estimate of drug-likeness (QED) is 0.914. The molecule has 1 N–H and O–H groups in total. The van der Waals surface area contributed by atoms with E-state index < -0.39 is 0 Å². The lowest BCUT2D eigenvalue weighted by Crippen LogP contribution is -2.25. The van der Waals surface area contributed by atoms with Crippen molar-refractivity contribution in [2.75, 3.05) is 11.9 Å². The molecule has 1 aliphatic heterocycles. The van der Waals surface area contributed by atoms with E-state index in [1.54, 1.807) is 29.8 Å². The zero-order valence-electron chi connectivity index (χ0n) is 13.7. The summed E-state index contributed by atoms with van der Waals surface area (Å²) < 4.78 is 20.9. The second-order valence-electron chi connectivity index (χ2n) is 6.01. The fourth-order valence-electron chi connectivity index (χ4n) is 2.77. The molecule has 0 spiro atoms. The largest absolute Gasteiger partial charge is 0.378 e. The van der Waals surface area contributed by atoms with E-state index in [4.69, 9.17) is 4.74 Å². The molecule has 1 saturated heterocycles. The normalized spacial score (nSPS) is 17.7. The fraction of sp³-hybridized carbons (Fsp3) is 0.471. The summed E-state index contributed by atoms with van der Waals surface area (Å²) >= 11 is 0. The Balaban J connectivity index is 1.62. The van der Waals surface area contributed by atoms with Crippen molar-refractivity contribution in [3.05, 3.63) is 41.3 Å². The van der Waals surface area contributed by atoms with Gasteiger partial charge < -0.3 is 10.1 Å². The van der Waals surface area contributed by atoms with Crippen LogP contribution in [0.3, 0.4) is 0 Å². The van der Waals surface area contributed by atoms with E-state index in [-0.39, 0.29) is 24.4 Å². The minimum Gasteiger partial charge on any atom is -0.378 e. The molecule has 2 aromatic rings. The Kier molecular flexibility index (Phi) is 5.20. The summed E-state index contributed by atoms with van der Waals surface area (Å²) in [5.41, 5.74) is 1.22. The highest BCUT2D eigenvalue weighted by Crippen LogP contribution is 2.18. The van der Waals surface area contributed by atoms with Gasteiger partial charge in [-0.25, -0.2) is 9.07 Å². The van der Waals surface area contributed by atoms with Crippen LogP contribution in [0, 0.1) is 12.7 Å². The van der Waals surface area contributed by atoms with E-state index in [9.17, 15) is 9.18 Å². The molecular weight excluding hydrogens is 311 g/mol. The average Bonchev–Trinajstić information content (AvgIpc) is 2.91. The number of ether oxygens (including phenoxy) is 1. The Morgan fingerprint density at radius 1 is 1.42 bits per heavy atom. The van der Waals surface area contributed by atoms with Gasteiger partial charge in [-0.2, -0.15) is 0 Å². The summed E-state index contributed by atoms with van der Waals surface area (Å²) in [5, 5.41) is 10.8. The molecular formula is C17H21FN4O2. The van der Waals surface area contributed by atoms with Gasteiger partial charge >= 0.3 is 0 Å². The van der Waals surface area contributed by atoms with Crippen molar-refractivity contribution in [2.45, 2.75) is 45.3 Å². The van der Waals surface area contributed by atoms with Crippen LogP contribution in [0.25, 0.3) is 0 Å². The molecule has 0 radical (unpaired) electrons. The molecule has 0 saturated carbocycles. The standard InChI is InChI=1S/C17H21FN4O2/c1-12-17(19-16(23)10-14-7-4-5-9-24-14)20-21-22(12)11-13-6-2-3-8-15(13)18/h2-3,6,8,14H,4-5,7,9-11H2,1H3,(H,19,23). The molecule has 1 fully saturated rings. The van der Waals surface area contributed by atoms with Gasteiger partial charge in [0.2, 0.25) is 5.91 Å². The van der Waals surface area contributed by atoms with Crippen molar-refractivity contribution < 1.29 is 13.9 Å². The summed E-state index contributed by atoms with van der Waals surface area (Å²) in [6.45, 7) is 2.79. The predicted molar refractivity (Wildman–Crippen MR) is 87.1 cm³/mol. The monoisotopic (exact) mass is 332 g/mol. The van der Waals surface area contributed by atoms with Crippen molar-refractivity contribution >= 4 is 11.7 Å². The predicted octanol–water partition coefficient (Wildman–Crippen LogP) is 2.67. The Morgan fingerprint density at radius 2 is 2.25 bits per heavy atom. The van der Waals surface area contributed by atoms with Gasteiger partial charge in [-0.15, -0.1) is 5.10 Å². The number of aromatic nitrogens is 3. The van der Waals surface area contributed by atoms with E-state index >= 15 is 0 Å². The summed E-state index contributed by atoms with van der Waals surface area (Å²) in [4.78, 5) is 12.1. The number of amides is 1. The lowest BCUT2D eigenvalue weighted by atomic mass is 10.1. The van der Waals surface area contributed by atoms with Crippen LogP contribution in [0.5, 0.6) is 0 Å². The van der Waals surface area contributed by atoms with Crippen LogP contribution >= 0.6 is 0 Å². The number of anilines is 1. The Labute approximate surface area is 140 Å². The molecule has 1 amide bonds. The highest BCUT2D eigenvalue weighted by atomic mass is 19.1. The maximum absolute atomic E-state index is 13.7. The van der Waals surface area contributed by atoms with Gasteiger partial charge in [0.15, 0.2) is 5.82 Å². The van der Waals surface area contributed by atoms with Crippen molar-refractivity contribution in [3.63, 3.8) is 0 Å². The van der Waals surface area contributed by atoms with Gasteiger partial charge in [-0.3, -0.25) is 4.79 Å². The molecule has 0 bridgehead atoms. The van der Waals surface area contributed by atoms with Crippen molar-refractivity contribution in [1.82, 2.24) is 15.0 Å². The average molecular weight is 332 g/mol. The number of carbonyl (C=O) groups is 1. The number of benzene rings is 1. The molecule has 1 aliphatic rings. The van der Waals surface area contributed by atoms with E-state index in [2.05, 4.69) is 15.6 Å². The third-order valence-electron chi connectivity index (χ3n) is 4.21. The number of halogens is 1. The highest BCUT2D eigenvalue weighted by molar-refractivity contribution is 5.90. The first-order valence-electron chi connectivity index (χ1n) is 8.18. The summed E-state index contributed by atoms with van der Waals surface area (Å²) in [5.74, 6) is -0.0116. The van der Waals surface area contributed by atoms with Crippen LogP contribution in [-0.4, -0.2) is 33.6 Å². The molecule has 1 atom stereocenters. The summed E-state index contributed by atoms with van der Waals surface area (Å²) in [6, 6.07) is 6.53. The van der Waals surface area contributed by atoms with E-state index in [0.717, 1.165) is 25.9 Å². The number of nitrogens with one attached hydrogen (secondary N) is 1. The Morgan fingerprint density at radius 3 is 3.00 bits per heavy atom. The van der Waals surface area contributed by atoms with Crippen LogP contribution < -0.4 is 5.32 Å². The topological polar surface area (TPSA) is 69.0 Å². The molecule has 1 aromatic carbocycles. The van der Waals surface area contributed by atoms with E-state index in [1.807, 2.05) is 0 Å². The van der Waals surface area contributed by atoms with Crippen LogP contribution in [-0.2, 0) is 16.1 Å². The van der Waals surface area contributed by atoms with Gasteiger partial charge in [0.05, 0.1) is 24.8 Å². The smallest absolute Gasteiger partial charge is 0.228 e. The molecule has 7 heteroatoms. The van der Waals surface area contributed by atoms with Gasteiger partial charge in [0.1, 0.15) is 5.82 Å². The lowest BCUT2D eigenvalue weighted by Gasteiger charge is -2.21. The lowest BCUT2D eigenvalue weighted by molar-refractivity contribution is -0.119. The third kappa shape index (κ3) is 3.97. The zero-order valence-corrected chi connectivity index (χ0v) is 13.7. The minimum atomic E-state index is -0.285. The molecule has 1 unspecified atom stereocenters. The Bertz CT molecular complexity index is 710. The van der Waals surface area contributed by atoms with Gasteiger partial charge in [0.25, 0.3) is 0 Å². The zero-order chi connectivity index (χ0) is 16.9. The highest BCUT2D eigenvalue weighted by Gasteiger charge is 2.19. The van der Waals surface area contributed by atoms with Gasteiger partial charge in [0, 0.05) is 12.2 Å². The Hall–Kier alpha value is -2.28. The fourth-order valence-corrected chi connectivity index (χ4v) is 2.77. The first kappa shape index (κ1) is 16.6. The first-order chi connectivity index (χ1) is 11.6. The molecule has 2 heterocycles. The number of rotatable bonds is 5. The molecule has 0 aliphatic carbocycles. The second-order valence-corrected chi connectivity index (χ2v) is 6.01. The van der Waals surface area contributed by atoms with E-state index in [1.165, 1.54) is 6.07 Å². The van der Waals surface area contributed by atoms with Gasteiger partial charge in [-0.1, -0.05) is 23.4 Å². The molecule has 24 heavy (non-hydrogen) atoms. The van der Waals surface area contributed by atoms with Crippen molar-refractivity contribution in [2.24, 2.45) is 0 Å². The number of hydrogen-bond donors (Lipinski definition) is 1. The van der Waals surface area contributed by atoms with Crippen molar-refractivity contribution in [3.8, 4) is 0 Å². The first-order valence-corrected chi connectivity index (χ1v) is 8.18. The van der Waals surface area contributed by atoms with Gasteiger partial charge in [-0.05, 0) is 32.3 Å². The third-order valence-corrected chi connectivity index (χ3v) is 4.21. The number of carbonyl (C=O) groups excluding carboxylic acids is 1. The van der Waals surface area contributed by atoms with Crippen LogP contribution in [0.4, 0.5) is 10.2 Å². The molecule has 3 rings (SSSR count). The summed E-state index contributed by atoms with van der Waals surface area (Å²) in [6.07, 6.45) is 3.36. The number of hydrogen-bond acceptors (Lipinski definition) is 4. The maximum atomic E-state index is 13.7. The molecule has 128 valence electrons. The molecule has 6 nitrogen and oxygen atoms in total. The van der Waals surface area contributed by atoms with Crippen LogP contribution in [0.15, 0.2) is 24.3 Å². The summed E-state index contributed by atoms with van der Waals surface area (Å²) in [7, 11) is 0. The minimum absolute atomic E-state index is 0.0208. The van der Waals surface area contributed by atoms with Crippen molar-refractivity contribution in [1.29, 1.82) is 0 Å².